The third-order valence-corrected chi connectivity index (χ3v) is 7.07. The van der Waals surface area contributed by atoms with Crippen LogP contribution in [0.4, 0.5) is 0 Å². The van der Waals surface area contributed by atoms with E-state index in [4.69, 9.17) is 11.6 Å². The first-order valence-corrected chi connectivity index (χ1v) is 10.9. The molecule has 4 rings (SSSR count). The number of hydrogen-bond acceptors (Lipinski definition) is 2. The Morgan fingerprint density at radius 1 is 1.04 bits per heavy atom. The highest BCUT2D eigenvalue weighted by Crippen LogP contribution is 2.34. The molecular formula is C20H22ClN3O2S. The molecular weight excluding hydrogens is 382 g/mol. The first-order valence-electron chi connectivity index (χ1n) is 9.11. The van der Waals surface area contributed by atoms with Gasteiger partial charge in [-0.1, -0.05) is 48.0 Å². The monoisotopic (exact) mass is 403 g/mol. The van der Waals surface area contributed by atoms with E-state index in [1.165, 1.54) is 4.31 Å². The van der Waals surface area contributed by atoms with Crippen molar-refractivity contribution in [1.29, 1.82) is 0 Å². The summed E-state index contributed by atoms with van der Waals surface area (Å²) in [5.41, 5.74) is 2.96. The van der Waals surface area contributed by atoms with Crippen molar-refractivity contribution in [2.24, 2.45) is 0 Å². The lowest BCUT2D eigenvalue weighted by Gasteiger charge is -2.22. The highest BCUT2D eigenvalue weighted by atomic mass is 35.5. The third kappa shape index (κ3) is 3.75. The Kier molecular flexibility index (Phi) is 5.23. The molecule has 1 aromatic heterocycles. The Bertz CT molecular complexity index is 1040. The van der Waals surface area contributed by atoms with Gasteiger partial charge in [0.05, 0.1) is 0 Å². The minimum absolute atomic E-state index is 0.188. The molecule has 1 fully saturated rings. The second-order valence-corrected chi connectivity index (χ2v) is 8.99. The average Bonchev–Trinajstić information content (AvgIpc) is 3.34. The van der Waals surface area contributed by atoms with Crippen LogP contribution in [0.15, 0.2) is 54.7 Å². The summed E-state index contributed by atoms with van der Waals surface area (Å²) in [6, 6.07) is 15.6. The molecule has 5 nitrogen and oxygen atoms in total. The van der Waals surface area contributed by atoms with Gasteiger partial charge in [-0.3, -0.25) is 0 Å². The quantitative estimate of drug-likeness (QED) is 0.655. The molecule has 0 bridgehead atoms. The predicted molar refractivity (Wildman–Crippen MR) is 109 cm³/mol. The Balaban J connectivity index is 1.70. The molecule has 1 aliphatic heterocycles. The highest BCUT2D eigenvalue weighted by molar-refractivity contribution is 7.87. The van der Waals surface area contributed by atoms with Gasteiger partial charge in [0.1, 0.15) is 0 Å². The number of nitrogens with zero attached hydrogens (tertiary/aromatic N) is 1. The van der Waals surface area contributed by atoms with E-state index in [0.29, 0.717) is 18.1 Å². The van der Waals surface area contributed by atoms with Crippen LogP contribution < -0.4 is 4.72 Å². The SMILES string of the molecule is O=S(=O)(NC[C@@H](c1ccccc1Cl)c1c[nH]c2ccccc12)N1CCCC1. The lowest BCUT2D eigenvalue weighted by Crippen LogP contribution is -2.40. The topological polar surface area (TPSA) is 65.2 Å². The van der Waals surface area contributed by atoms with Crippen LogP contribution in [-0.2, 0) is 10.2 Å². The summed E-state index contributed by atoms with van der Waals surface area (Å²) < 4.78 is 29.6. The summed E-state index contributed by atoms with van der Waals surface area (Å²) in [5.74, 6) is -0.188. The van der Waals surface area contributed by atoms with Crippen molar-refractivity contribution in [2.45, 2.75) is 18.8 Å². The lowest BCUT2D eigenvalue weighted by molar-refractivity contribution is 0.463. The molecule has 27 heavy (non-hydrogen) atoms. The van der Waals surface area contributed by atoms with Gasteiger partial charge < -0.3 is 4.98 Å². The van der Waals surface area contributed by atoms with Crippen molar-refractivity contribution in [3.8, 4) is 0 Å². The zero-order valence-corrected chi connectivity index (χ0v) is 16.4. The van der Waals surface area contributed by atoms with E-state index in [0.717, 1.165) is 34.9 Å². The second-order valence-electron chi connectivity index (χ2n) is 6.82. The maximum atomic E-state index is 12.7. The van der Waals surface area contributed by atoms with Crippen molar-refractivity contribution in [3.05, 3.63) is 70.9 Å². The molecule has 1 aliphatic rings. The molecule has 1 atom stereocenters. The van der Waals surface area contributed by atoms with Crippen molar-refractivity contribution in [1.82, 2.24) is 14.0 Å². The molecule has 0 aliphatic carbocycles. The number of fused-ring (bicyclic) bond motifs is 1. The lowest BCUT2D eigenvalue weighted by atomic mass is 9.91. The maximum Gasteiger partial charge on any atom is 0.279 e. The molecule has 1 saturated heterocycles. The summed E-state index contributed by atoms with van der Waals surface area (Å²) in [4.78, 5) is 3.28. The number of H-pyrrole nitrogens is 1. The Labute approximate surface area is 164 Å². The normalized spacial score (nSPS) is 16.8. The molecule has 7 heteroatoms. The Morgan fingerprint density at radius 2 is 1.74 bits per heavy atom. The molecule has 3 aromatic rings. The Morgan fingerprint density at radius 3 is 2.52 bits per heavy atom. The van der Waals surface area contributed by atoms with Crippen LogP contribution in [0.5, 0.6) is 0 Å². The summed E-state index contributed by atoms with van der Waals surface area (Å²) in [7, 11) is -3.49. The predicted octanol–water partition coefficient (Wildman–Crippen LogP) is 3.88. The van der Waals surface area contributed by atoms with Crippen LogP contribution >= 0.6 is 11.6 Å². The minimum atomic E-state index is -3.49. The zero-order chi connectivity index (χ0) is 18.9. The van der Waals surface area contributed by atoms with Crippen molar-refractivity contribution >= 4 is 32.7 Å². The molecule has 2 aromatic carbocycles. The van der Waals surface area contributed by atoms with Gasteiger partial charge in [0, 0.05) is 47.7 Å². The fraction of sp³-hybridized carbons (Fsp3) is 0.300. The zero-order valence-electron chi connectivity index (χ0n) is 14.9. The van der Waals surface area contributed by atoms with E-state index in [2.05, 4.69) is 9.71 Å². The third-order valence-electron chi connectivity index (χ3n) is 5.15. The van der Waals surface area contributed by atoms with Gasteiger partial charge in [0.15, 0.2) is 0 Å². The fourth-order valence-corrected chi connectivity index (χ4v) is 5.30. The van der Waals surface area contributed by atoms with E-state index in [9.17, 15) is 8.42 Å². The van der Waals surface area contributed by atoms with Gasteiger partial charge in [-0.15, -0.1) is 0 Å². The fourth-order valence-electron chi connectivity index (χ4n) is 3.74. The van der Waals surface area contributed by atoms with Gasteiger partial charge in [0.25, 0.3) is 10.2 Å². The standard InChI is InChI=1S/C20H22ClN3O2S/c21-19-9-3-1-7-15(19)18(14-23-27(25,26)24-11-5-6-12-24)17-13-22-20-10-4-2-8-16(17)20/h1-4,7-10,13,18,22-23H,5-6,11-12,14H2/t18-/m0/s1. The van der Waals surface area contributed by atoms with Gasteiger partial charge in [-0.25, -0.2) is 4.72 Å². The Hall–Kier alpha value is -1.86. The second kappa shape index (κ2) is 7.64. The summed E-state index contributed by atoms with van der Waals surface area (Å²) in [6.07, 6.45) is 3.78. The largest absolute Gasteiger partial charge is 0.361 e. The highest BCUT2D eigenvalue weighted by Gasteiger charge is 2.28. The average molecular weight is 404 g/mol. The molecule has 2 N–H and O–H groups in total. The smallest absolute Gasteiger partial charge is 0.279 e. The van der Waals surface area contributed by atoms with Crippen LogP contribution in [0, 0.1) is 0 Å². The van der Waals surface area contributed by atoms with Crippen LogP contribution in [0.1, 0.15) is 29.9 Å². The number of para-hydroxylation sites is 1. The number of benzene rings is 2. The maximum absolute atomic E-state index is 12.7. The number of halogens is 1. The number of rotatable bonds is 6. The van der Waals surface area contributed by atoms with Crippen LogP contribution in [-0.4, -0.2) is 37.3 Å². The molecule has 0 radical (unpaired) electrons. The van der Waals surface area contributed by atoms with Crippen LogP contribution in [0.3, 0.4) is 0 Å². The number of aromatic amines is 1. The number of nitrogens with one attached hydrogen (secondary N) is 2. The van der Waals surface area contributed by atoms with E-state index in [1.807, 2.05) is 54.7 Å². The first kappa shape index (κ1) is 18.5. The number of hydrogen-bond donors (Lipinski definition) is 2. The van der Waals surface area contributed by atoms with Crippen LogP contribution in [0.2, 0.25) is 5.02 Å². The molecule has 142 valence electrons. The van der Waals surface area contributed by atoms with E-state index < -0.39 is 10.2 Å². The van der Waals surface area contributed by atoms with Crippen molar-refractivity contribution in [3.63, 3.8) is 0 Å². The van der Waals surface area contributed by atoms with E-state index in [1.54, 1.807) is 0 Å². The molecule has 0 saturated carbocycles. The van der Waals surface area contributed by atoms with Crippen molar-refractivity contribution in [2.75, 3.05) is 19.6 Å². The molecule has 2 heterocycles. The summed E-state index contributed by atoms with van der Waals surface area (Å²) in [6.45, 7) is 1.42. The van der Waals surface area contributed by atoms with Gasteiger partial charge in [-0.05, 0) is 36.1 Å². The van der Waals surface area contributed by atoms with Gasteiger partial charge in [0.2, 0.25) is 0 Å². The number of aromatic nitrogens is 1. The van der Waals surface area contributed by atoms with Gasteiger partial charge in [-0.2, -0.15) is 12.7 Å². The van der Waals surface area contributed by atoms with Crippen molar-refractivity contribution < 1.29 is 8.42 Å². The minimum Gasteiger partial charge on any atom is -0.361 e. The molecule has 0 unspecified atom stereocenters. The van der Waals surface area contributed by atoms with Gasteiger partial charge >= 0.3 is 0 Å². The first-order chi connectivity index (χ1) is 13.1. The molecule has 0 spiro atoms. The van der Waals surface area contributed by atoms with Crippen LogP contribution in [0.25, 0.3) is 10.9 Å². The summed E-state index contributed by atoms with van der Waals surface area (Å²) >= 11 is 6.47. The van der Waals surface area contributed by atoms with E-state index in [-0.39, 0.29) is 12.5 Å². The van der Waals surface area contributed by atoms with E-state index >= 15 is 0 Å². The summed E-state index contributed by atoms with van der Waals surface area (Å²) in [5, 5.41) is 1.70. The molecule has 0 amide bonds.